The van der Waals surface area contributed by atoms with Crippen molar-refractivity contribution >= 4 is 5.82 Å². The molecule has 0 bridgehead atoms. The summed E-state index contributed by atoms with van der Waals surface area (Å²) in [5.41, 5.74) is 1.37. The molecule has 1 atom stereocenters. The van der Waals surface area contributed by atoms with Gasteiger partial charge >= 0.3 is 0 Å². The van der Waals surface area contributed by atoms with E-state index < -0.39 is 0 Å². The maximum Gasteiger partial charge on any atom is 0.185 e. The van der Waals surface area contributed by atoms with Crippen LogP contribution >= 0.6 is 0 Å². The minimum absolute atomic E-state index is 0.110. The van der Waals surface area contributed by atoms with Crippen molar-refractivity contribution in [3.8, 4) is 22.8 Å². The van der Waals surface area contributed by atoms with Crippen molar-refractivity contribution in [3.63, 3.8) is 0 Å². The largest absolute Gasteiger partial charge is 0.507 e. The summed E-state index contributed by atoms with van der Waals surface area (Å²) in [4.78, 5) is 10.6. The molecule has 0 spiro atoms. The van der Waals surface area contributed by atoms with Gasteiger partial charge in [0.05, 0.1) is 23.8 Å². The fraction of sp³-hybridized carbons (Fsp3) is 0.368. The van der Waals surface area contributed by atoms with E-state index >= 15 is 0 Å². The van der Waals surface area contributed by atoms with Crippen LogP contribution in [0.1, 0.15) is 19.3 Å². The number of hydrogen-bond donors (Lipinski definition) is 2. The summed E-state index contributed by atoms with van der Waals surface area (Å²) in [6, 6.07) is 5.78. The van der Waals surface area contributed by atoms with Crippen molar-refractivity contribution in [2.75, 3.05) is 25.0 Å². The first-order chi connectivity index (χ1) is 13.2. The lowest BCUT2D eigenvalue weighted by molar-refractivity contribution is 0.476. The maximum absolute atomic E-state index is 10.4. The third-order valence-electron chi connectivity index (χ3n) is 5.03. The first-order valence-electron chi connectivity index (χ1n) is 9.17. The molecule has 1 aliphatic heterocycles. The number of anilines is 1. The Morgan fingerprint density at radius 2 is 2.15 bits per heavy atom. The number of benzene rings is 1. The maximum atomic E-state index is 10.4. The van der Waals surface area contributed by atoms with Gasteiger partial charge in [-0.2, -0.15) is 0 Å². The van der Waals surface area contributed by atoms with Gasteiger partial charge < -0.3 is 19.9 Å². The quantitative estimate of drug-likeness (QED) is 0.731. The molecule has 3 heterocycles. The highest BCUT2D eigenvalue weighted by atomic mass is 16.3. The third kappa shape index (κ3) is 3.75. The Bertz CT molecular complexity index is 872. The van der Waals surface area contributed by atoms with E-state index in [1.807, 2.05) is 23.9 Å². The van der Waals surface area contributed by atoms with Crippen LogP contribution < -0.4 is 10.2 Å². The van der Waals surface area contributed by atoms with Gasteiger partial charge in [0.1, 0.15) is 5.75 Å². The van der Waals surface area contributed by atoms with E-state index in [1.165, 1.54) is 0 Å². The van der Waals surface area contributed by atoms with E-state index in [2.05, 4.69) is 30.4 Å². The second-order valence-electron chi connectivity index (χ2n) is 6.76. The first-order valence-corrected chi connectivity index (χ1v) is 9.17. The molecule has 8 heteroatoms. The van der Waals surface area contributed by atoms with Gasteiger partial charge in [0, 0.05) is 31.5 Å². The number of nitrogens with zero attached hydrogens (tertiary/aromatic N) is 6. The second kappa shape index (κ2) is 7.71. The van der Waals surface area contributed by atoms with Gasteiger partial charge in [0.25, 0.3) is 0 Å². The van der Waals surface area contributed by atoms with Crippen molar-refractivity contribution in [1.29, 1.82) is 0 Å². The Morgan fingerprint density at radius 3 is 2.89 bits per heavy atom. The number of aromatic nitrogens is 5. The first kappa shape index (κ1) is 17.4. The predicted octanol–water partition coefficient (Wildman–Crippen LogP) is 2.01. The van der Waals surface area contributed by atoms with Crippen molar-refractivity contribution in [3.05, 3.63) is 43.1 Å². The van der Waals surface area contributed by atoms with E-state index in [4.69, 9.17) is 0 Å². The van der Waals surface area contributed by atoms with E-state index in [1.54, 1.807) is 30.9 Å². The van der Waals surface area contributed by atoms with E-state index in [0.29, 0.717) is 17.4 Å². The van der Waals surface area contributed by atoms with Gasteiger partial charge in [-0.3, -0.25) is 0 Å². The Morgan fingerprint density at radius 1 is 1.22 bits per heavy atom. The molecule has 1 saturated heterocycles. The molecule has 0 radical (unpaired) electrons. The average molecular weight is 365 g/mol. The van der Waals surface area contributed by atoms with Gasteiger partial charge in [-0.15, -0.1) is 10.2 Å². The molecule has 2 aromatic heterocycles. The number of phenols is 1. The number of phenolic OH excluding ortho intramolecular Hbond substituents is 1. The smallest absolute Gasteiger partial charge is 0.185 e. The third-order valence-corrected chi connectivity index (χ3v) is 5.03. The zero-order valence-corrected chi connectivity index (χ0v) is 15.3. The summed E-state index contributed by atoms with van der Waals surface area (Å²) >= 11 is 0. The number of hydrogen-bond acceptors (Lipinski definition) is 7. The SMILES string of the molecule is CN(c1cnc(-c2ccc(-n3ccnc3)cc2O)nn1)[C@H]1CCCNCC1. The predicted molar refractivity (Wildman–Crippen MR) is 103 cm³/mol. The fourth-order valence-electron chi connectivity index (χ4n) is 3.41. The zero-order valence-electron chi connectivity index (χ0n) is 15.3. The molecular weight excluding hydrogens is 342 g/mol. The minimum atomic E-state index is 0.110. The zero-order chi connectivity index (χ0) is 18.6. The van der Waals surface area contributed by atoms with Crippen LogP contribution in [0, 0.1) is 0 Å². The number of aromatic hydroxyl groups is 1. The molecule has 0 saturated carbocycles. The van der Waals surface area contributed by atoms with Gasteiger partial charge in [0.15, 0.2) is 11.6 Å². The van der Waals surface area contributed by atoms with Crippen LogP contribution in [0.15, 0.2) is 43.1 Å². The van der Waals surface area contributed by atoms with E-state index in [0.717, 1.165) is 43.9 Å². The summed E-state index contributed by atoms with van der Waals surface area (Å²) in [6.45, 7) is 2.09. The number of rotatable bonds is 4. The fourth-order valence-corrected chi connectivity index (χ4v) is 3.41. The standard InChI is InChI=1S/C19H23N7O/c1-25(14-3-2-7-20-8-6-14)18-12-22-19(24-23-18)16-5-4-15(11-17(16)27)26-10-9-21-13-26/h4-5,9-14,20,27H,2-3,6-8H2,1H3/t14-/m0/s1. The molecule has 3 aromatic rings. The Labute approximate surface area is 157 Å². The van der Waals surface area contributed by atoms with Gasteiger partial charge in [-0.1, -0.05) is 0 Å². The Hall–Kier alpha value is -3.00. The van der Waals surface area contributed by atoms with Gasteiger partial charge in [-0.05, 0) is 44.5 Å². The van der Waals surface area contributed by atoms with E-state index in [9.17, 15) is 5.11 Å². The minimum Gasteiger partial charge on any atom is -0.507 e. The summed E-state index contributed by atoms with van der Waals surface area (Å²) < 4.78 is 1.82. The van der Waals surface area contributed by atoms with Crippen molar-refractivity contribution in [2.24, 2.45) is 0 Å². The highest BCUT2D eigenvalue weighted by Gasteiger charge is 2.19. The molecule has 1 aromatic carbocycles. The molecule has 0 unspecified atom stereocenters. The lowest BCUT2D eigenvalue weighted by atomic mass is 10.1. The highest BCUT2D eigenvalue weighted by molar-refractivity contribution is 5.66. The highest BCUT2D eigenvalue weighted by Crippen LogP contribution is 2.29. The summed E-state index contributed by atoms with van der Waals surface area (Å²) in [6.07, 6.45) is 10.3. The lowest BCUT2D eigenvalue weighted by Gasteiger charge is -2.27. The van der Waals surface area contributed by atoms with Crippen LogP contribution in [-0.4, -0.2) is 56.0 Å². The number of imidazole rings is 1. The molecule has 0 amide bonds. The van der Waals surface area contributed by atoms with Crippen molar-refractivity contribution < 1.29 is 5.11 Å². The van der Waals surface area contributed by atoms with Crippen molar-refractivity contribution in [1.82, 2.24) is 30.0 Å². The molecule has 1 fully saturated rings. The summed E-state index contributed by atoms with van der Waals surface area (Å²) in [5, 5.41) is 22.4. The molecule has 8 nitrogen and oxygen atoms in total. The monoisotopic (exact) mass is 365 g/mol. The number of nitrogens with one attached hydrogen (secondary N) is 1. The van der Waals surface area contributed by atoms with Gasteiger partial charge in [-0.25, -0.2) is 9.97 Å². The van der Waals surface area contributed by atoms with Crippen LogP contribution in [0.3, 0.4) is 0 Å². The average Bonchev–Trinajstić information content (AvgIpc) is 3.10. The van der Waals surface area contributed by atoms with E-state index in [-0.39, 0.29) is 5.75 Å². The molecule has 1 aliphatic rings. The van der Waals surface area contributed by atoms with Crippen LogP contribution in [0.25, 0.3) is 17.1 Å². The summed E-state index contributed by atoms with van der Waals surface area (Å²) in [5.74, 6) is 1.27. The topological polar surface area (TPSA) is 92.0 Å². The lowest BCUT2D eigenvalue weighted by Crippen LogP contribution is -2.33. The van der Waals surface area contributed by atoms with Crippen molar-refractivity contribution in [2.45, 2.75) is 25.3 Å². The van der Waals surface area contributed by atoms with Gasteiger partial charge in [0.2, 0.25) is 0 Å². The molecule has 27 heavy (non-hydrogen) atoms. The van der Waals surface area contributed by atoms with Crippen LogP contribution in [0.4, 0.5) is 5.82 Å². The Kier molecular flexibility index (Phi) is 4.97. The molecule has 2 N–H and O–H groups in total. The molecule has 0 aliphatic carbocycles. The molecular formula is C19H23N7O. The van der Waals surface area contributed by atoms with Crippen LogP contribution in [-0.2, 0) is 0 Å². The van der Waals surface area contributed by atoms with Crippen LogP contribution in [0.2, 0.25) is 0 Å². The summed E-state index contributed by atoms with van der Waals surface area (Å²) in [7, 11) is 2.04. The Balaban J connectivity index is 1.53. The second-order valence-corrected chi connectivity index (χ2v) is 6.76. The molecule has 140 valence electrons. The molecule has 4 rings (SSSR count). The van der Waals surface area contributed by atoms with Crippen LogP contribution in [0.5, 0.6) is 5.75 Å². The normalized spacial score (nSPS) is 17.4.